The van der Waals surface area contributed by atoms with Crippen LogP contribution < -0.4 is 5.32 Å². The third kappa shape index (κ3) is 3.77. The number of amides is 2. The molecule has 1 fully saturated rings. The van der Waals surface area contributed by atoms with Gasteiger partial charge in [-0.1, -0.05) is 29.8 Å². The number of halogens is 1. The van der Waals surface area contributed by atoms with Gasteiger partial charge in [-0.3, -0.25) is 9.59 Å². The summed E-state index contributed by atoms with van der Waals surface area (Å²) in [5, 5.41) is 3.19. The lowest BCUT2D eigenvalue weighted by Crippen LogP contribution is -2.35. The molecule has 0 saturated carbocycles. The lowest BCUT2D eigenvalue weighted by molar-refractivity contribution is 0.0724. The van der Waals surface area contributed by atoms with Crippen LogP contribution in [0.25, 0.3) is 0 Å². The zero-order valence-electron chi connectivity index (χ0n) is 13.3. The molecule has 0 aliphatic carbocycles. The summed E-state index contributed by atoms with van der Waals surface area (Å²) in [6.45, 7) is 1.57. The molecule has 0 aromatic heterocycles. The van der Waals surface area contributed by atoms with Gasteiger partial charge in [-0.25, -0.2) is 0 Å². The van der Waals surface area contributed by atoms with E-state index in [1.807, 2.05) is 11.0 Å². The first-order chi connectivity index (χ1) is 11.6. The lowest BCUT2D eigenvalue weighted by Gasteiger charge is -2.27. The van der Waals surface area contributed by atoms with E-state index in [9.17, 15) is 9.59 Å². The number of piperidine rings is 1. The van der Waals surface area contributed by atoms with Crippen LogP contribution in [-0.4, -0.2) is 29.8 Å². The van der Waals surface area contributed by atoms with Gasteiger partial charge in [0.2, 0.25) is 0 Å². The van der Waals surface area contributed by atoms with Crippen LogP contribution >= 0.6 is 11.6 Å². The first kappa shape index (κ1) is 16.5. The third-order valence-electron chi connectivity index (χ3n) is 4.14. The van der Waals surface area contributed by atoms with Gasteiger partial charge in [0.1, 0.15) is 0 Å². The van der Waals surface area contributed by atoms with E-state index >= 15 is 0 Å². The molecule has 2 amide bonds. The number of anilines is 1. The molecule has 1 saturated heterocycles. The highest BCUT2D eigenvalue weighted by atomic mass is 35.5. The molecule has 0 atom stereocenters. The summed E-state index contributed by atoms with van der Waals surface area (Å²) in [7, 11) is 0. The Balaban J connectivity index is 1.78. The van der Waals surface area contributed by atoms with Gasteiger partial charge in [0, 0.05) is 24.2 Å². The number of likely N-dealkylation sites (tertiary alicyclic amines) is 1. The first-order valence-corrected chi connectivity index (χ1v) is 8.48. The highest BCUT2D eigenvalue weighted by molar-refractivity contribution is 6.34. The molecule has 1 N–H and O–H groups in total. The standard InChI is InChI=1S/C19H19ClN2O2/c20-16-10-9-15(19(24)22-11-5-2-6-12-22)13-17(16)21-18(23)14-7-3-1-4-8-14/h1,3-4,7-10,13H,2,5-6,11-12H2,(H,21,23). The number of rotatable bonds is 3. The fourth-order valence-electron chi connectivity index (χ4n) is 2.82. The van der Waals surface area contributed by atoms with Crippen molar-refractivity contribution >= 4 is 29.1 Å². The maximum atomic E-state index is 12.6. The molecule has 2 aromatic carbocycles. The minimum absolute atomic E-state index is 0.0124. The molecule has 0 unspecified atom stereocenters. The van der Waals surface area contributed by atoms with Crippen molar-refractivity contribution in [3.8, 4) is 0 Å². The number of nitrogens with zero attached hydrogens (tertiary/aromatic N) is 1. The molecule has 0 bridgehead atoms. The van der Waals surface area contributed by atoms with E-state index in [1.165, 1.54) is 6.42 Å². The maximum Gasteiger partial charge on any atom is 0.255 e. The van der Waals surface area contributed by atoms with Gasteiger partial charge in [0.15, 0.2) is 0 Å². The van der Waals surface area contributed by atoms with E-state index in [2.05, 4.69) is 5.32 Å². The highest BCUT2D eigenvalue weighted by Crippen LogP contribution is 2.25. The molecule has 5 heteroatoms. The summed E-state index contributed by atoms with van der Waals surface area (Å²) in [5.74, 6) is -0.262. The second kappa shape index (κ2) is 7.49. The molecule has 1 aliphatic rings. The van der Waals surface area contributed by atoms with Crippen LogP contribution in [0.2, 0.25) is 5.02 Å². The average Bonchev–Trinajstić information content (AvgIpc) is 2.64. The number of hydrogen-bond donors (Lipinski definition) is 1. The molecule has 3 rings (SSSR count). The molecule has 1 aliphatic heterocycles. The van der Waals surface area contributed by atoms with E-state index in [1.54, 1.807) is 42.5 Å². The Kier molecular flexibility index (Phi) is 5.16. The zero-order chi connectivity index (χ0) is 16.9. The Morgan fingerprint density at radius 1 is 0.917 bits per heavy atom. The molecule has 124 valence electrons. The summed E-state index contributed by atoms with van der Waals surface area (Å²) >= 11 is 6.18. The number of benzene rings is 2. The largest absolute Gasteiger partial charge is 0.339 e. The quantitative estimate of drug-likeness (QED) is 0.908. The Hall–Kier alpha value is -2.33. The normalized spacial score (nSPS) is 14.3. The predicted octanol–water partition coefficient (Wildman–Crippen LogP) is 4.22. The zero-order valence-corrected chi connectivity index (χ0v) is 14.1. The van der Waals surface area contributed by atoms with Gasteiger partial charge in [0.25, 0.3) is 11.8 Å². The first-order valence-electron chi connectivity index (χ1n) is 8.10. The van der Waals surface area contributed by atoms with E-state index in [0.717, 1.165) is 25.9 Å². The molecule has 1 heterocycles. The van der Waals surface area contributed by atoms with Crippen molar-refractivity contribution in [2.24, 2.45) is 0 Å². The van der Waals surface area contributed by atoms with Crippen molar-refractivity contribution in [2.75, 3.05) is 18.4 Å². The SMILES string of the molecule is O=C(Nc1cc(C(=O)N2CCCCC2)ccc1Cl)c1ccccc1. The number of hydrogen-bond acceptors (Lipinski definition) is 2. The van der Waals surface area contributed by atoms with E-state index in [4.69, 9.17) is 11.6 Å². The summed E-state index contributed by atoms with van der Waals surface area (Å²) in [4.78, 5) is 26.7. The Morgan fingerprint density at radius 3 is 2.33 bits per heavy atom. The van der Waals surface area contributed by atoms with Crippen molar-refractivity contribution in [3.63, 3.8) is 0 Å². The fraction of sp³-hybridized carbons (Fsp3) is 0.263. The second-order valence-electron chi connectivity index (χ2n) is 5.87. The fourth-order valence-corrected chi connectivity index (χ4v) is 2.98. The summed E-state index contributed by atoms with van der Waals surface area (Å²) in [6.07, 6.45) is 3.25. The van der Waals surface area contributed by atoms with Crippen LogP contribution in [0.3, 0.4) is 0 Å². The maximum absolute atomic E-state index is 12.6. The monoisotopic (exact) mass is 342 g/mol. The van der Waals surface area contributed by atoms with Crippen molar-refractivity contribution in [1.29, 1.82) is 0 Å². The number of carbonyl (C=O) groups excluding carboxylic acids is 2. The predicted molar refractivity (Wildman–Crippen MR) is 95.6 cm³/mol. The van der Waals surface area contributed by atoms with Crippen molar-refractivity contribution < 1.29 is 9.59 Å². The van der Waals surface area contributed by atoms with Gasteiger partial charge >= 0.3 is 0 Å². The van der Waals surface area contributed by atoms with E-state index < -0.39 is 0 Å². The van der Waals surface area contributed by atoms with Crippen LogP contribution in [-0.2, 0) is 0 Å². The van der Waals surface area contributed by atoms with Crippen LogP contribution in [0.5, 0.6) is 0 Å². The number of nitrogens with one attached hydrogen (secondary N) is 1. The molecule has 4 nitrogen and oxygen atoms in total. The topological polar surface area (TPSA) is 49.4 Å². The Bertz CT molecular complexity index is 740. The van der Waals surface area contributed by atoms with Gasteiger partial charge in [-0.05, 0) is 49.6 Å². The molecular formula is C19H19ClN2O2. The van der Waals surface area contributed by atoms with Crippen molar-refractivity contribution in [3.05, 3.63) is 64.7 Å². The minimum Gasteiger partial charge on any atom is -0.339 e. The smallest absolute Gasteiger partial charge is 0.255 e. The second-order valence-corrected chi connectivity index (χ2v) is 6.27. The summed E-state index contributed by atoms with van der Waals surface area (Å²) in [6, 6.07) is 13.9. The van der Waals surface area contributed by atoms with Crippen LogP contribution in [0.15, 0.2) is 48.5 Å². The average molecular weight is 343 g/mol. The number of carbonyl (C=O) groups is 2. The lowest BCUT2D eigenvalue weighted by atomic mass is 10.1. The van der Waals surface area contributed by atoms with Crippen LogP contribution in [0.1, 0.15) is 40.0 Å². The van der Waals surface area contributed by atoms with E-state index in [0.29, 0.717) is 21.8 Å². The van der Waals surface area contributed by atoms with Crippen LogP contribution in [0, 0.1) is 0 Å². The van der Waals surface area contributed by atoms with Gasteiger partial charge < -0.3 is 10.2 Å². The molecular weight excluding hydrogens is 324 g/mol. The van der Waals surface area contributed by atoms with Crippen molar-refractivity contribution in [1.82, 2.24) is 4.90 Å². The van der Waals surface area contributed by atoms with Gasteiger partial charge in [0.05, 0.1) is 10.7 Å². The minimum atomic E-state index is -0.250. The van der Waals surface area contributed by atoms with E-state index in [-0.39, 0.29) is 11.8 Å². The van der Waals surface area contributed by atoms with Crippen LogP contribution in [0.4, 0.5) is 5.69 Å². The molecule has 0 spiro atoms. The molecule has 24 heavy (non-hydrogen) atoms. The van der Waals surface area contributed by atoms with Gasteiger partial charge in [-0.2, -0.15) is 0 Å². The Labute approximate surface area is 146 Å². The summed E-state index contributed by atoms with van der Waals surface area (Å²) < 4.78 is 0. The highest BCUT2D eigenvalue weighted by Gasteiger charge is 2.19. The van der Waals surface area contributed by atoms with Crippen molar-refractivity contribution in [2.45, 2.75) is 19.3 Å². The Morgan fingerprint density at radius 2 is 1.62 bits per heavy atom. The van der Waals surface area contributed by atoms with Gasteiger partial charge in [-0.15, -0.1) is 0 Å². The third-order valence-corrected chi connectivity index (χ3v) is 4.47. The molecule has 0 radical (unpaired) electrons. The summed E-state index contributed by atoms with van der Waals surface area (Å²) in [5.41, 5.74) is 1.54. The molecule has 2 aromatic rings.